The van der Waals surface area contributed by atoms with Crippen LogP contribution in [0, 0.1) is 11.3 Å². The van der Waals surface area contributed by atoms with E-state index in [0.717, 1.165) is 18.8 Å². The topological polar surface area (TPSA) is 81.9 Å². The van der Waals surface area contributed by atoms with Gasteiger partial charge in [0.2, 0.25) is 0 Å². The molecule has 0 aliphatic heterocycles. The molecule has 0 bridgehead atoms. The second kappa shape index (κ2) is 8.59. The average Bonchev–Trinajstić information content (AvgIpc) is 2.73. The Balaban J connectivity index is 1.58. The van der Waals surface area contributed by atoms with Crippen LogP contribution in [0.15, 0.2) is 67.1 Å². The minimum Gasteiger partial charge on any atom is -0.359 e. The number of anilines is 2. The van der Waals surface area contributed by atoms with Crippen molar-refractivity contribution >= 4 is 17.4 Å². The zero-order valence-corrected chi connectivity index (χ0v) is 15.0. The van der Waals surface area contributed by atoms with Crippen molar-refractivity contribution in [2.75, 3.05) is 23.8 Å². The Morgan fingerprint density at radius 1 is 1.11 bits per heavy atom. The van der Waals surface area contributed by atoms with Crippen LogP contribution in [0.3, 0.4) is 0 Å². The number of nitrogens with zero attached hydrogens (tertiary/aromatic N) is 4. The molecule has 6 heteroatoms. The highest BCUT2D eigenvalue weighted by Crippen LogP contribution is 2.14. The van der Waals surface area contributed by atoms with E-state index in [2.05, 4.69) is 15.3 Å². The number of amides is 1. The molecule has 0 saturated carbocycles. The molecule has 0 fully saturated rings. The first-order valence-corrected chi connectivity index (χ1v) is 8.53. The molecule has 1 aromatic carbocycles. The maximum Gasteiger partial charge on any atom is 0.257 e. The Hall–Kier alpha value is -3.72. The fourth-order valence-electron chi connectivity index (χ4n) is 2.54. The van der Waals surface area contributed by atoms with Crippen molar-refractivity contribution in [2.24, 2.45) is 0 Å². The van der Waals surface area contributed by atoms with Gasteiger partial charge in [-0.25, -0.2) is 4.98 Å². The molecule has 0 aliphatic rings. The molecule has 6 nitrogen and oxygen atoms in total. The summed E-state index contributed by atoms with van der Waals surface area (Å²) in [7, 11) is 1.97. The quantitative estimate of drug-likeness (QED) is 0.732. The number of aromatic nitrogens is 2. The fraction of sp³-hybridized carbons (Fsp3) is 0.143. The average molecular weight is 357 g/mol. The summed E-state index contributed by atoms with van der Waals surface area (Å²) in [6.45, 7) is 0.813. The third kappa shape index (κ3) is 4.89. The van der Waals surface area contributed by atoms with Crippen LogP contribution >= 0.6 is 0 Å². The molecule has 134 valence electrons. The Kier molecular flexibility index (Phi) is 5.75. The lowest BCUT2D eigenvalue weighted by molar-refractivity contribution is 0.102. The molecule has 3 aromatic rings. The second-order valence-electron chi connectivity index (χ2n) is 6.08. The van der Waals surface area contributed by atoms with E-state index in [0.29, 0.717) is 16.8 Å². The molecule has 1 amide bonds. The van der Waals surface area contributed by atoms with E-state index in [1.165, 1.54) is 5.56 Å². The number of nitriles is 1. The molecule has 2 heterocycles. The van der Waals surface area contributed by atoms with Gasteiger partial charge in [0.15, 0.2) is 0 Å². The summed E-state index contributed by atoms with van der Waals surface area (Å²) in [6, 6.07) is 16.4. The standard InChI is InChI=1S/C21H19N5O/c1-26(13-10-16-8-11-23-12-9-16)20-7-4-18(15-24-20)21(27)25-19-5-2-17(14-22)3-6-19/h2-9,11-12,15H,10,13H2,1H3,(H,25,27). The largest absolute Gasteiger partial charge is 0.359 e. The van der Waals surface area contributed by atoms with Crippen molar-refractivity contribution in [3.8, 4) is 6.07 Å². The number of hydrogen-bond donors (Lipinski definition) is 1. The van der Waals surface area contributed by atoms with Crippen molar-refractivity contribution in [1.29, 1.82) is 5.26 Å². The number of likely N-dealkylation sites (N-methyl/N-ethyl adjacent to an activating group) is 1. The van der Waals surface area contributed by atoms with Crippen molar-refractivity contribution in [3.05, 3.63) is 83.8 Å². The SMILES string of the molecule is CN(CCc1ccncc1)c1ccc(C(=O)Nc2ccc(C#N)cc2)cn1. The Morgan fingerprint density at radius 3 is 2.48 bits per heavy atom. The first-order valence-electron chi connectivity index (χ1n) is 8.53. The number of rotatable bonds is 6. The summed E-state index contributed by atoms with van der Waals surface area (Å²) < 4.78 is 0. The van der Waals surface area contributed by atoms with Gasteiger partial charge in [-0.15, -0.1) is 0 Å². The molecule has 1 N–H and O–H groups in total. The summed E-state index contributed by atoms with van der Waals surface area (Å²) in [5.41, 5.74) is 2.88. The molecular weight excluding hydrogens is 338 g/mol. The smallest absolute Gasteiger partial charge is 0.257 e. The highest BCUT2D eigenvalue weighted by Gasteiger charge is 2.09. The highest BCUT2D eigenvalue weighted by atomic mass is 16.1. The molecule has 27 heavy (non-hydrogen) atoms. The molecule has 0 aliphatic carbocycles. The second-order valence-corrected chi connectivity index (χ2v) is 6.08. The Bertz CT molecular complexity index is 931. The molecule has 0 unspecified atom stereocenters. The lowest BCUT2D eigenvalue weighted by Gasteiger charge is -2.18. The van der Waals surface area contributed by atoms with Gasteiger partial charge in [0.25, 0.3) is 5.91 Å². The summed E-state index contributed by atoms with van der Waals surface area (Å²) in [5, 5.41) is 11.6. The first kappa shape index (κ1) is 18.1. The van der Waals surface area contributed by atoms with Gasteiger partial charge in [-0.1, -0.05) is 0 Å². The predicted octanol–water partition coefficient (Wildman–Crippen LogP) is 3.28. The highest BCUT2D eigenvalue weighted by molar-refractivity contribution is 6.04. The predicted molar refractivity (Wildman–Crippen MR) is 105 cm³/mol. The third-order valence-electron chi connectivity index (χ3n) is 4.16. The summed E-state index contributed by atoms with van der Waals surface area (Å²) in [4.78, 5) is 22.8. The lowest BCUT2D eigenvalue weighted by Crippen LogP contribution is -2.21. The van der Waals surface area contributed by atoms with E-state index in [-0.39, 0.29) is 5.91 Å². The summed E-state index contributed by atoms with van der Waals surface area (Å²) >= 11 is 0. The van der Waals surface area contributed by atoms with Crippen LogP contribution < -0.4 is 10.2 Å². The molecular formula is C21H19N5O. The molecule has 3 rings (SSSR count). The number of carbonyl (C=O) groups excluding carboxylic acids is 1. The lowest BCUT2D eigenvalue weighted by atomic mass is 10.2. The van der Waals surface area contributed by atoms with Crippen molar-refractivity contribution in [2.45, 2.75) is 6.42 Å². The van der Waals surface area contributed by atoms with Crippen LogP contribution in [0.1, 0.15) is 21.5 Å². The van der Waals surface area contributed by atoms with Gasteiger partial charge in [0.1, 0.15) is 5.82 Å². The van der Waals surface area contributed by atoms with Crippen LogP contribution in [0.5, 0.6) is 0 Å². The van der Waals surface area contributed by atoms with E-state index < -0.39 is 0 Å². The maximum atomic E-state index is 12.3. The number of nitrogens with one attached hydrogen (secondary N) is 1. The van der Waals surface area contributed by atoms with Crippen LogP contribution in [-0.4, -0.2) is 29.5 Å². The Labute approximate surface area is 158 Å². The van der Waals surface area contributed by atoms with Gasteiger partial charge in [-0.05, 0) is 60.5 Å². The number of pyridine rings is 2. The van der Waals surface area contributed by atoms with Gasteiger partial charge in [0, 0.05) is 37.9 Å². The van der Waals surface area contributed by atoms with Crippen molar-refractivity contribution < 1.29 is 4.79 Å². The Morgan fingerprint density at radius 2 is 1.85 bits per heavy atom. The van der Waals surface area contributed by atoms with Crippen LogP contribution in [-0.2, 0) is 6.42 Å². The van der Waals surface area contributed by atoms with Gasteiger partial charge in [-0.2, -0.15) is 5.26 Å². The van der Waals surface area contributed by atoms with E-state index in [1.54, 1.807) is 48.9 Å². The van der Waals surface area contributed by atoms with Crippen molar-refractivity contribution in [3.63, 3.8) is 0 Å². The van der Waals surface area contributed by atoms with Crippen LogP contribution in [0.2, 0.25) is 0 Å². The van der Waals surface area contributed by atoms with Crippen LogP contribution in [0.25, 0.3) is 0 Å². The van der Waals surface area contributed by atoms with E-state index >= 15 is 0 Å². The molecule has 2 aromatic heterocycles. The van der Waals surface area contributed by atoms with Crippen LogP contribution in [0.4, 0.5) is 11.5 Å². The van der Waals surface area contributed by atoms with Gasteiger partial charge < -0.3 is 10.2 Å². The number of hydrogen-bond acceptors (Lipinski definition) is 5. The summed E-state index contributed by atoms with van der Waals surface area (Å²) in [6.07, 6.45) is 6.03. The summed E-state index contributed by atoms with van der Waals surface area (Å²) in [5.74, 6) is 0.567. The van der Waals surface area contributed by atoms with E-state index in [4.69, 9.17) is 5.26 Å². The minimum absolute atomic E-state index is 0.238. The zero-order chi connectivity index (χ0) is 19.1. The number of carbonyl (C=O) groups is 1. The fourth-order valence-corrected chi connectivity index (χ4v) is 2.54. The monoisotopic (exact) mass is 357 g/mol. The van der Waals surface area contributed by atoms with Gasteiger partial charge in [-0.3, -0.25) is 9.78 Å². The van der Waals surface area contributed by atoms with Crippen molar-refractivity contribution in [1.82, 2.24) is 9.97 Å². The molecule has 0 radical (unpaired) electrons. The first-order chi connectivity index (χ1) is 13.2. The molecule has 0 spiro atoms. The number of benzene rings is 1. The maximum absolute atomic E-state index is 12.3. The normalized spacial score (nSPS) is 10.1. The molecule has 0 atom stereocenters. The molecule has 0 saturated heterocycles. The zero-order valence-electron chi connectivity index (χ0n) is 15.0. The van der Waals surface area contributed by atoms with E-state index in [9.17, 15) is 4.79 Å². The van der Waals surface area contributed by atoms with Gasteiger partial charge in [0.05, 0.1) is 17.2 Å². The minimum atomic E-state index is -0.238. The van der Waals surface area contributed by atoms with Gasteiger partial charge >= 0.3 is 0 Å². The third-order valence-corrected chi connectivity index (χ3v) is 4.16. The van der Waals surface area contributed by atoms with E-state index in [1.807, 2.05) is 36.2 Å².